The first-order valence-electron chi connectivity index (χ1n) is 7.78. The highest BCUT2D eigenvalue weighted by Gasteiger charge is 2.49. The zero-order valence-electron chi connectivity index (χ0n) is 13.2. The van der Waals surface area contributed by atoms with Crippen LogP contribution in [-0.4, -0.2) is 61.9 Å². The van der Waals surface area contributed by atoms with E-state index in [9.17, 15) is 9.59 Å². The summed E-state index contributed by atoms with van der Waals surface area (Å²) >= 11 is 1.62. The van der Waals surface area contributed by atoms with Crippen molar-refractivity contribution in [2.24, 2.45) is 5.41 Å². The number of hydrogen-bond donors (Lipinski definition) is 0. The molecule has 0 aliphatic carbocycles. The van der Waals surface area contributed by atoms with Crippen molar-refractivity contribution in [1.82, 2.24) is 9.80 Å². The van der Waals surface area contributed by atoms with E-state index in [0.29, 0.717) is 13.1 Å². The topological polar surface area (TPSA) is 43.9 Å². The van der Waals surface area contributed by atoms with E-state index in [1.54, 1.807) is 30.3 Å². The van der Waals surface area contributed by atoms with Crippen molar-refractivity contribution in [3.8, 4) is 0 Å². The van der Waals surface area contributed by atoms with Crippen molar-refractivity contribution in [2.75, 3.05) is 45.2 Å². The molecule has 1 spiro atoms. The molecule has 2 aliphatic rings. The maximum Gasteiger partial charge on any atom is 0.236 e. The van der Waals surface area contributed by atoms with Crippen molar-refractivity contribution < 1.29 is 9.59 Å². The van der Waals surface area contributed by atoms with Crippen LogP contribution < -0.4 is 4.90 Å². The van der Waals surface area contributed by atoms with Crippen molar-refractivity contribution >= 4 is 28.8 Å². The van der Waals surface area contributed by atoms with E-state index >= 15 is 0 Å². The highest BCUT2D eigenvalue weighted by molar-refractivity contribution is 7.08. The molecule has 0 aromatic carbocycles. The van der Waals surface area contributed by atoms with Crippen LogP contribution in [0.2, 0.25) is 0 Å². The number of carbonyl (C=O) groups is 2. The minimum absolute atomic E-state index is 0.109. The molecule has 3 rings (SSSR count). The SMILES string of the molecule is CN(C)C(=O)CN1CCC[C@]2(CCN(c3ccsc3)C2=O)C1. The number of likely N-dealkylation sites (N-methyl/N-ethyl adjacent to an activating group) is 1. The molecule has 2 aliphatic heterocycles. The lowest BCUT2D eigenvalue weighted by atomic mass is 9.78. The minimum atomic E-state index is -0.285. The highest BCUT2D eigenvalue weighted by Crippen LogP contribution is 2.42. The van der Waals surface area contributed by atoms with Gasteiger partial charge in [0.15, 0.2) is 0 Å². The molecule has 1 atom stereocenters. The average Bonchev–Trinajstić information content (AvgIpc) is 3.10. The first-order valence-corrected chi connectivity index (χ1v) is 8.73. The molecule has 1 aromatic heterocycles. The molecule has 3 heterocycles. The fourth-order valence-corrected chi connectivity index (χ4v) is 4.19. The fourth-order valence-electron chi connectivity index (χ4n) is 3.55. The Morgan fingerprint density at radius 1 is 1.36 bits per heavy atom. The quantitative estimate of drug-likeness (QED) is 0.850. The second-order valence-corrected chi connectivity index (χ2v) is 7.35. The van der Waals surface area contributed by atoms with Crippen molar-refractivity contribution in [3.05, 3.63) is 16.8 Å². The maximum absolute atomic E-state index is 13.0. The summed E-state index contributed by atoms with van der Waals surface area (Å²) in [4.78, 5) is 30.6. The van der Waals surface area contributed by atoms with E-state index in [-0.39, 0.29) is 17.2 Å². The summed E-state index contributed by atoms with van der Waals surface area (Å²) < 4.78 is 0. The van der Waals surface area contributed by atoms with Crippen LogP contribution in [0.15, 0.2) is 16.8 Å². The zero-order chi connectivity index (χ0) is 15.7. The third kappa shape index (κ3) is 2.77. The van der Waals surface area contributed by atoms with Gasteiger partial charge >= 0.3 is 0 Å². The second-order valence-electron chi connectivity index (χ2n) is 6.57. The summed E-state index contributed by atoms with van der Waals surface area (Å²) in [6, 6.07) is 2.01. The van der Waals surface area contributed by atoms with Crippen LogP contribution in [0.4, 0.5) is 5.69 Å². The van der Waals surface area contributed by atoms with Gasteiger partial charge in [0.2, 0.25) is 11.8 Å². The van der Waals surface area contributed by atoms with E-state index in [1.807, 2.05) is 21.7 Å². The van der Waals surface area contributed by atoms with Gasteiger partial charge in [-0.05, 0) is 37.3 Å². The maximum atomic E-state index is 13.0. The van der Waals surface area contributed by atoms with E-state index in [1.165, 1.54) is 0 Å². The number of piperidine rings is 1. The molecule has 0 radical (unpaired) electrons. The lowest BCUT2D eigenvalue weighted by Gasteiger charge is -2.38. The van der Waals surface area contributed by atoms with Gasteiger partial charge in [-0.2, -0.15) is 11.3 Å². The lowest BCUT2D eigenvalue weighted by molar-refractivity contribution is -0.134. The first kappa shape index (κ1) is 15.5. The Morgan fingerprint density at radius 3 is 2.86 bits per heavy atom. The number of nitrogens with zero attached hydrogens (tertiary/aromatic N) is 3. The number of amides is 2. The van der Waals surface area contributed by atoms with Gasteiger partial charge in [0, 0.05) is 32.6 Å². The van der Waals surface area contributed by atoms with E-state index < -0.39 is 0 Å². The van der Waals surface area contributed by atoms with Gasteiger partial charge in [0.1, 0.15) is 0 Å². The second kappa shape index (κ2) is 6.01. The molecule has 5 nitrogen and oxygen atoms in total. The number of thiophene rings is 1. The molecule has 0 saturated carbocycles. The molecule has 2 saturated heterocycles. The standard InChI is InChI=1S/C16H23N3O2S/c1-17(2)14(20)10-18-7-3-5-16(12-18)6-8-19(15(16)21)13-4-9-22-11-13/h4,9,11H,3,5-8,10,12H2,1-2H3/t16-/m0/s1. The summed E-state index contributed by atoms with van der Waals surface area (Å²) in [6.45, 7) is 2.84. The van der Waals surface area contributed by atoms with Crippen LogP contribution >= 0.6 is 11.3 Å². The van der Waals surface area contributed by atoms with Crippen LogP contribution in [0.5, 0.6) is 0 Å². The van der Waals surface area contributed by atoms with Gasteiger partial charge in [-0.15, -0.1) is 0 Å². The third-order valence-corrected chi connectivity index (χ3v) is 5.52. The molecular weight excluding hydrogens is 298 g/mol. The number of anilines is 1. The minimum Gasteiger partial charge on any atom is -0.348 e. The number of carbonyl (C=O) groups excluding carboxylic acids is 2. The van der Waals surface area contributed by atoms with E-state index in [0.717, 1.165) is 38.0 Å². The first-order chi connectivity index (χ1) is 10.5. The Balaban J connectivity index is 1.71. The summed E-state index contributed by atoms with van der Waals surface area (Å²) in [5.74, 6) is 0.352. The molecule has 22 heavy (non-hydrogen) atoms. The summed E-state index contributed by atoms with van der Waals surface area (Å²) in [6.07, 6.45) is 2.83. The summed E-state index contributed by atoms with van der Waals surface area (Å²) in [7, 11) is 3.56. The Bertz CT molecular complexity index is 558. The summed E-state index contributed by atoms with van der Waals surface area (Å²) in [5, 5.41) is 4.05. The van der Waals surface area contributed by atoms with E-state index in [4.69, 9.17) is 0 Å². The van der Waals surface area contributed by atoms with Gasteiger partial charge in [0.25, 0.3) is 0 Å². The third-order valence-electron chi connectivity index (χ3n) is 4.84. The number of rotatable bonds is 3. The van der Waals surface area contributed by atoms with Crippen LogP contribution in [0.1, 0.15) is 19.3 Å². The van der Waals surface area contributed by atoms with Crippen molar-refractivity contribution in [2.45, 2.75) is 19.3 Å². The normalized spacial score (nSPS) is 25.9. The molecule has 0 N–H and O–H groups in total. The largest absolute Gasteiger partial charge is 0.348 e. The highest BCUT2D eigenvalue weighted by atomic mass is 32.1. The lowest BCUT2D eigenvalue weighted by Crippen LogP contribution is -2.50. The van der Waals surface area contributed by atoms with Crippen molar-refractivity contribution in [1.29, 1.82) is 0 Å². The molecule has 2 fully saturated rings. The fraction of sp³-hybridized carbons (Fsp3) is 0.625. The molecule has 0 unspecified atom stereocenters. The van der Waals surface area contributed by atoms with Crippen LogP contribution in [0.25, 0.3) is 0 Å². The molecule has 0 bridgehead atoms. The Hall–Kier alpha value is -1.40. The van der Waals surface area contributed by atoms with Crippen LogP contribution in [0, 0.1) is 5.41 Å². The Labute approximate surface area is 135 Å². The van der Waals surface area contributed by atoms with Gasteiger partial charge in [0.05, 0.1) is 17.6 Å². The molecule has 1 aromatic rings. The predicted octanol–water partition coefficient (Wildman–Crippen LogP) is 1.66. The van der Waals surface area contributed by atoms with Gasteiger partial charge < -0.3 is 9.80 Å². The monoisotopic (exact) mass is 321 g/mol. The smallest absolute Gasteiger partial charge is 0.236 e. The van der Waals surface area contributed by atoms with Crippen LogP contribution in [-0.2, 0) is 9.59 Å². The van der Waals surface area contributed by atoms with Crippen molar-refractivity contribution in [3.63, 3.8) is 0 Å². The average molecular weight is 321 g/mol. The molecule has 2 amide bonds. The number of likely N-dealkylation sites (tertiary alicyclic amines) is 1. The molecule has 120 valence electrons. The van der Waals surface area contributed by atoms with Crippen LogP contribution in [0.3, 0.4) is 0 Å². The van der Waals surface area contributed by atoms with Gasteiger partial charge in [-0.25, -0.2) is 0 Å². The Kier molecular flexibility index (Phi) is 4.23. The van der Waals surface area contributed by atoms with E-state index in [2.05, 4.69) is 4.90 Å². The number of hydrogen-bond acceptors (Lipinski definition) is 4. The zero-order valence-corrected chi connectivity index (χ0v) is 14.1. The van der Waals surface area contributed by atoms with Gasteiger partial charge in [-0.1, -0.05) is 0 Å². The molecular formula is C16H23N3O2S. The Morgan fingerprint density at radius 2 is 2.18 bits per heavy atom. The molecule has 6 heteroatoms. The predicted molar refractivity (Wildman–Crippen MR) is 88.1 cm³/mol. The van der Waals surface area contributed by atoms with Gasteiger partial charge in [-0.3, -0.25) is 14.5 Å². The summed E-state index contributed by atoms with van der Waals surface area (Å²) in [5.41, 5.74) is 0.737.